The fourth-order valence-corrected chi connectivity index (χ4v) is 0.891. The monoisotopic (exact) mass is 228 g/mol. The third-order valence-corrected chi connectivity index (χ3v) is 1.66. The van der Waals surface area contributed by atoms with E-state index in [0.717, 1.165) is 0 Å². The Morgan fingerprint density at radius 3 is 1.50 bits per heavy atom. The van der Waals surface area contributed by atoms with Crippen molar-refractivity contribution in [3.63, 3.8) is 0 Å². The van der Waals surface area contributed by atoms with Gasteiger partial charge in [-0.2, -0.15) is 0 Å². The zero-order valence-electron chi connectivity index (χ0n) is 12.3. The molecule has 0 aliphatic heterocycles. The van der Waals surface area contributed by atoms with Crippen molar-refractivity contribution in [1.82, 2.24) is 0 Å². The van der Waals surface area contributed by atoms with Gasteiger partial charge in [0.2, 0.25) is 0 Å². The second kappa shape index (κ2) is 16.6. The number of hydrogen-bond acceptors (Lipinski definition) is 0. The average Bonchev–Trinajstić information content (AvgIpc) is 2.31. The summed E-state index contributed by atoms with van der Waals surface area (Å²) >= 11 is 0. The summed E-state index contributed by atoms with van der Waals surface area (Å²) in [7, 11) is 0. The predicted octanol–water partition coefficient (Wildman–Crippen LogP) is 5.64. The van der Waals surface area contributed by atoms with Crippen molar-refractivity contribution in [1.29, 1.82) is 0 Å². The van der Waals surface area contributed by atoms with Gasteiger partial charge < -0.3 is 0 Å². The Kier molecular flexibility index (Phi) is 21.3. The molecule has 0 atom stereocenters. The standard InChI is InChI=1S/C9H12.C2H5F.2C2H6/c1-7-4-5-8(2)9(3)6-7;1-2-3;2*1-2/h4-6H,1-3H3;2H2,1H3;2*1-2H3. The maximum absolute atomic E-state index is 10.3. The normalized spacial score (nSPS) is 7.31. The van der Waals surface area contributed by atoms with E-state index in [1.54, 1.807) is 0 Å². The van der Waals surface area contributed by atoms with Crippen LogP contribution in [0.2, 0.25) is 0 Å². The topological polar surface area (TPSA) is 0 Å². The minimum Gasteiger partial charge on any atom is -0.251 e. The van der Waals surface area contributed by atoms with Gasteiger partial charge in [-0.1, -0.05) is 51.5 Å². The van der Waals surface area contributed by atoms with Gasteiger partial charge in [0, 0.05) is 0 Å². The van der Waals surface area contributed by atoms with Gasteiger partial charge in [-0.25, -0.2) is 0 Å². The first-order valence-electron chi connectivity index (χ1n) is 6.21. The minimum atomic E-state index is -0.250. The Labute approximate surface area is 102 Å². The van der Waals surface area contributed by atoms with Crippen LogP contribution in [-0.4, -0.2) is 6.67 Å². The molecule has 0 spiro atoms. The zero-order chi connectivity index (χ0) is 13.6. The van der Waals surface area contributed by atoms with E-state index in [1.165, 1.54) is 23.6 Å². The fraction of sp³-hybridized carbons (Fsp3) is 0.600. The Morgan fingerprint density at radius 1 is 0.875 bits per heavy atom. The molecule has 0 saturated heterocycles. The van der Waals surface area contributed by atoms with E-state index >= 15 is 0 Å². The number of hydrogen-bond donors (Lipinski definition) is 0. The summed E-state index contributed by atoms with van der Waals surface area (Å²) < 4.78 is 10.3. The quantitative estimate of drug-likeness (QED) is 0.539. The molecule has 0 aromatic heterocycles. The minimum absolute atomic E-state index is 0.250. The fourth-order valence-electron chi connectivity index (χ4n) is 0.891. The van der Waals surface area contributed by atoms with Gasteiger partial charge in [-0.05, 0) is 38.8 Å². The van der Waals surface area contributed by atoms with Crippen molar-refractivity contribution in [2.45, 2.75) is 55.4 Å². The van der Waals surface area contributed by atoms with Crippen molar-refractivity contribution in [2.24, 2.45) is 0 Å². The van der Waals surface area contributed by atoms with Crippen LogP contribution >= 0.6 is 0 Å². The number of rotatable bonds is 0. The number of benzene rings is 1. The number of halogens is 1. The molecule has 0 amide bonds. The Morgan fingerprint density at radius 2 is 1.25 bits per heavy atom. The van der Waals surface area contributed by atoms with Crippen molar-refractivity contribution in [2.75, 3.05) is 6.67 Å². The van der Waals surface area contributed by atoms with Crippen molar-refractivity contribution in [3.8, 4) is 0 Å². The van der Waals surface area contributed by atoms with E-state index in [0.29, 0.717) is 0 Å². The van der Waals surface area contributed by atoms with Crippen LogP contribution in [0.4, 0.5) is 4.39 Å². The van der Waals surface area contributed by atoms with E-state index in [2.05, 4.69) is 39.0 Å². The molecule has 0 bridgehead atoms. The molecule has 1 aromatic rings. The summed E-state index contributed by atoms with van der Waals surface area (Å²) in [5, 5.41) is 0. The lowest BCUT2D eigenvalue weighted by Gasteiger charge is -1.98. The third-order valence-electron chi connectivity index (χ3n) is 1.66. The molecule has 96 valence electrons. The summed E-state index contributed by atoms with van der Waals surface area (Å²) in [4.78, 5) is 0. The molecule has 0 N–H and O–H groups in total. The van der Waals surface area contributed by atoms with Crippen molar-refractivity contribution in [3.05, 3.63) is 34.9 Å². The lowest BCUT2D eigenvalue weighted by Crippen LogP contribution is -1.79. The summed E-state index contributed by atoms with van der Waals surface area (Å²) in [5.41, 5.74) is 4.11. The van der Waals surface area contributed by atoms with E-state index in [4.69, 9.17) is 0 Å². The van der Waals surface area contributed by atoms with Crippen LogP contribution < -0.4 is 0 Å². The van der Waals surface area contributed by atoms with Crippen LogP contribution in [0, 0.1) is 20.8 Å². The molecular formula is C15H29F. The predicted molar refractivity (Wildman–Crippen MR) is 75.0 cm³/mol. The van der Waals surface area contributed by atoms with Crippen molar-refractivity contribution >= 4 is 0 Å². The second-order valence-corrected chi connectivity index (χ2v) is 2.85. The molecule has 16 heavy (non-hydrogen) atoms. The molecule has 0 radical (unpaired) electrons. The molecule has 0 saturated carbocycles. The number of alkyl halides is 1. The SMILES string of the molecule is CC.CC.CCF.Cc1ccc(C)c(C)c1. The molecule has 1 aromatic carbocycles. The van der Waals surface area contributed by atoms with Gasteiger partial charge in [0.25, 0.3) is 0 Å². The van der Waals surface area contributed by atoms with Crippen molar-refractivity contribution < 1.29 is 4.39 Å². The van der Waals surface area contributed by atoms with Gasteiger partial charge in [0.1, 0.15) is 0 Å². The molecule has 0 aliphatic rings. The summed E-state index contributed by atoms with van der Waals surface area (Å²) in [6, 6.07) is 6.50. The van der Waals surface area contributed by atoms with Crippen LogP contribution in [0.15, 0.2) is 18.2 Å². The molecule has 0 nitrogen and oxygen atoms in total. The highest BCUT2D eigenvalue weighted by Gasteiger charge is 1.89. The van der Waals surface area contributed by atoms with Gasteiger partial charge >= 0.3 is 0 Å². The van der Waals surface area contributed by atoms with Gasteiger partial charge in [0.05, 0.1) is 6.67 Å². The summed E-state index contributed by atoms with van der Waals surface area (Å²) in [5.74, 6) is 0. The summed E-state index contributed by atoms with van der Waals surface area (Å²) in [6.45, 7) is 15.6. The lowest BCUT2D eigenvalue weighted by atomic mass is 10.1. The molecule has 0 fully saturated rings. The molecular weight excluding hydrogens is 199 g/mol. The van der Waals surface area contributed by atoms with Crippen LogP contribution in [0.25, 0.3) is 0 Å². The second-order valence-electron chi connectivity index (χ2n) is 2.85. The van der Waals surface area contributed by atoms with Gasteiger partial charge in [-0.3, -0.25) is 4.39 Å². The number of aryl methyl sites for hydroxylation is 3. The molecule has 0 heterocycles. The maximum Gasteiger partial charge on any atom is 0.0866 e. The van der Waals surface area contributed by atoms with Crippen LogP contribution in [-0.2, 0) is 0 Å². The molecule has 0 unspecified atom stereocenters. The molecule has 1 rings (SSSR count). The first-order chi connectivity index (χ1) is 7.61. The van der Waals surface area contributed by atoms with Gasteiger partial charge in [0.15, 0.2) is 0 Å². The van der Waals surface area contributed by atoms with E-state index < -0.39 is 0 Å². The van der Waals surface area contributed by atoms with Gasteiger partial charge in [-0.15, -0.1) is 0 Å². The zero-order valence-corrected chi connectivity index (χ0v) is 12.3. The Bertz CT molecular complexity index is 229. The first kappa shape index (κ1) is 20.5. The molecule has 0 aliphatic carbocycles. The maximum atomic E-state index is 10.3. The first-order valence-corrected chi connectivity index (χ1v) is 6.21. The largest absolute Gasteiger partial charge is 0.251 e. The molecule has 1 heteroatoms. The van der Waals surface area contributed by atoms with E-state index in [9.17, 15) is 4.39 Å². The third kappa shape index (κ3) is 13.2. The Hall–Kier alpha value is -0.850. The highest BCUT2D eigenvalue weighted by Crippen LogP contribution is 2.07. The highest BCUT2D eigenvalue weighted by atomic mass is 19.1. The van der Waals surface area contributed by atoms with Crippen LogP contribution in [0.1, 0.15) is 51.3 Å². The average molecular weight is 228 g/mol. The van der Waals surface area contributed by atoms with Crippen LogP contribution in [0.5, 0.6) is 0 Å². The highest BCUT2D eigenvalue weighted by molar-refractivity contribution is 5.28. The Balaban J connectivity index is -0.000000206. The van der Waals surface area contributed by atoms with Crippen LogP contribution in [0.3, 0.4) is 0 Å². The lowest BCUT2D eigenvalue weighted by molar-refractivity contribution is 0.527. The van der Waals surface area contributed by atoms with E-state index in [-0.39, 0.29) is 6.67 Å². The van der Waals surface area contributed by atoms with E-state index in [1.807, 2.05) is 27.7 Å². The summed E-state index contributed by atoms with van der Waals surface area (Å²) in [6.07, 6.45) is 0. The smallest absolute Gasteiger partial charge is 0.0866 e.